The number of sulfonamides is 1. The van der Waals surface area contributed by atoms with E-state index in [1.807, 2.05) is 0 Å². The van der Waals surface area contributed by atoms with Crippen LogP contribution in [-0.2, 0) is 19.6 Å². The lowest BCUT2D eigenvalue weighted by Gasteiger charge is -2.14. The molecule has 2 heterocycles. The molecule has 1 aliphatic rings. The highest BCUT2D eigenvalue weighted by Gasteiger charge is 2.30. The number of imide groups is 1. The molecule has 0 spiro atoms. The van der Waals surface area contributed by atoms with Gasteiger partial charge in [-0.2, -0.15) is 0 Å². The van der Waals surface area contributed by atoms with Crippen LogP contribution < -0.4 is 9.62 Å². The maximum Gasteiger partial charge on any atom is 0.263 e. The average molecular weight is 352 g/mol. The van der Waals surface area contributed by atoms with Gasteiger partial charge in [-0.15, -0.1) is 10.2 Å². The van der Waals surface area contributed by atoms with Crippen molar-refractivity contribution < 1.29 is 18.0 Å². The van der Waals surface area contributed by atoms with Crippen molar-refractivity contribution in [2.75, 3.05) is 9.62 Å². The van der Waals surface area contributed by atoms with Gasteiger partial charge in [0.15, 0.2) is 0 Å². The number of rotatable bonds is 4. The molecule has 0 unspecified atom stereocenters. The number of hydrogen-bond acceptors (Lipinski definition) is 7. The van der Waals surface area contributed by atoms with Gasteiger partial charge in [-0.3, -0.25) is 19.2 Å². The second-order valence-corrected chi connectivity index (χ2v) is 7.71. The monoisotopic (exact) mass is 352 g/mol. The summed E-state index contributed by atoms with van der Waals surface area (Å²) in [6.07, 6.45) is 0.355. The van der Waals surface area contributed by atoms with Crippen molar-refractivity contribution in [2.45, 2.75) is 24.7 Å². The van der Waals surface area contributed by atoms with E-state index < -0.39 is 10.0 Å². The summed E-state index contributed by atoms with van der Waals surface area (Å²) < 4.78 is 26.8. The summed E-state index contributed by atoms with van der Waals surface area (Å²) in [4.78, 5) is 24.4. The first-order chi connectivity index (χ1) is 10.9. The molecular formula is C13H12N4O4S2. The van der Waals surface area contributed by atoms with Crippen LogP contribution in [0.1, 0.15) is 17.8 Å². The number of amides is 2. The van der Waals surface area contributed by atoms with Gasteiger partial charge in [0.05, 0.1) is 10.6 Å². The minimum absolute atomic E-state index is 0.00759. The van der Waals surface area contributed by atoms with Gasteiger partial charge in [-0.05, 0) is 31.2 Å². The molecule has 0 atom stereocenters. The molecule has 2 aromatic rings. The zero-order chi connectivity index (χ0) is 16.6. The molecule has 0 saturated carbocycles. The first kappa shape index (κ1) is 15.6. The topological polar surface area (TPSA) is 109 Å². The summed E-state index contributed by atoms with van der Waals surface area (Å²) in [5, 5.41) is 8.27. The SMILES string of the molecule is Cc1nnc(NS(=O)(=O)c2ccc(N3C(=O)CCC3=O)cc2)s1. The van der Waals surface area contributed by atoms with Gasteiger partial charge in [-0.1, -0.05) is 11.3 Å². The Morgan fingerprint density at radius 1 is 1.09 bits per heavy atom. The number of anilines is 2. The molecule has 0 bridgehead atoms. The number of aryl methyl sites for hydroxylation is 1. The minimum Gasteiger partial charge on any atom is -0.274 e. The quantitative estimate of drug-likeness (QED) is 0.831. The summed E-state index contributed by atoms with van der Waals surface area (Å²) >= 11 is 1.12. The molecule has 0 radical (unpaired) electrons. The van der Waals surface area contributed by atoms with Gasteiger partial charge in [0, 0.05) is 12.8 Å². The van der Waals surface area contributed by atoms with Crippen LogP contribution in [0.5, 0.6) is 0 Å². The van der Waals surface area contributed by atoms with Crippen molar-refractivity contribution in [1.82, 2.24) is 10.2 Å². The van der Waals surface area contributed by atoms with E-state index in [1.54, 1.807) is 6.92 Å². The first-order valence-corrected chi connectivity index (χ1v) is 8.95. The molecule has 3 rings (SSSR count). The van der Waals surface area contributed by atoms with E-state index in [4.69, 9.17) is 0 Å². The molecule has 1 aliphatic heterocycles. The normalized spacial score (nSPS) is 15.3. The Morgan fingerprint density at radius 2 is 1.70 bits per heavy atom. The average Bonchev–Trinajstić information content (AvgIpc) is 3.04. The Morgan fingerprint density at radius 3 is 2.22 bits per heavy atom. The molecule has 2 amide bonds. The highest BCUT2D eigenvalue weighted by molar-refractivity contribution is 7.93. The second kappa shape index (κ2) is 5.70. The lowest BCUT2D eigenvalue weighted by molar-refractivity contribution is -0.121. The molecule has 120 valence electrons. The van der Waals surface area contributed by atoms with Crippen LogP contribution in [0.15, 0.2) is 29.2 Å². The third kappa shape index (κ3) is 3.08. The fourth-order valence-corrected chi connectivity index (χ4v) is 3.97. The number of carbonyl (C=O) groups excluding carboxylic acids is 2. The van der Waals surface area contributed by atoms with Gasteiger partial charge in [-0.25, -0.2) is 8.42 Å². The molecule has 0 aliphatic carbocycles. The largest absolute Gasteiger partial charge is 0.274 e. The Labute approximate surface area is 136 Å². The van der Waals surface area contributed by atoms with Gasteiger partial charge < -0.3 is 0 Å². The van der Waals surface area contributed by atoms with Crippen molar-refractivity contribution >= 4 is 44.0 Å². The number of hydrogen-bond donors (Lipinski definition) is 1. The van der Waals surface area contributed by atoms with E-state index in [9.17, 15) is 18.0 Å². The van der Waals surface area contributed by atoms with E-state index in [1.165, 1.54) is 24.3 Å². The van der Waals surface area contributed by atoms with Crippen molar-refractivity contribution in [3.63, 3.8) is 0 Å². The van der Waals surface area contributed by atoms with Gasteiger partial charge in [0.2, 0.25) is 16.9 Å². The smallest absolute Gasteiger partial charge is 0.263 e. The first-order valence-electron chi connectivity index (χ1n) is 6.65. The number of nitrogens with zero attached hydrogens (tertiary/aromatic N) is 3. The summed E-state index contributed by atoms with van der Waals surface area (Å²) in [5.74, 6) is -0.568. The zero-order valence-corrected chi connectivity index (χ0v) is 13.6. The number of benzene rings is 1. The van der Waals surface area contributed by atoms with E-state index in [2.05, 4.69) is 14.9 Å². The minimum atomic E-state index is -3.80. The molecule has 1 N–H and O–H groups in total. The fraction of sp³-hybridized carbons (Fsp3) is 0.231. The molecule has 1 aromatic carbocycles. The standard InChI is InChI=1S/C13H12N4O4S2/c1-8-14-15-13(22-8)16-23(20,21)10-4-2-9(3-5-10)17-11(18)6-7-12(17)19/h2-5H,6-7H2,1H3,(H,15,16). The van der Waals surface area contributed by atoms with E-state index in [0.29, 0.717) is 10.7 Å². The molecule has 8 nitrogen and oxygen atoms in total. The number of nitrogens with one attached hydrogen (secondary N) is 1. The molecule has 23 heavy (non-hydrogen) atoms. The van der Waals surface area contributed by atoms with Crippen molar-refractivity contribution in [3.8, 4) is 0 Å². The molecule has 1 saturated heterocycles. The van der Waals surface area contributed by atoms with Crippen molar-refractivity contribution in [1.29, 1.82) is 0 Å². The number of carbonyl (C=O) groups is 2. The maximum atomic E-state index is 12.3. The summed E-state index contributed by atoms with van der Waals surface area (Å²) in [7, 11) is -3.80. The highest BCUT2D eigenvalue weighted by Crippen LogP contribution is 2.25. The Kier molecular flexibility index (Phi) is 3.86. The van der Waals surface area contributed by atoms with Gasteiger partial charge in [0.1, 0.15) is 5.01 Å². The Bertz CT molecular complexity index is 858. The predicted octanol–water partition coefficient (Wildman–Crippen LogP) is 1.30. The predicted molar refractivity (Wildman–Crippen MR) is 83.6 cm³/mol. The van der Waals surface area contributed by atoms with E-state index >= 15 is 0 Å². The third-order valence-corrected chi connectivity index (χ3v) is 5.44. The summed E-state index contributed by atoms with van der Waals surface area (Å²) in [6, 6.07) is 5.54. The fourth-order valence-electron chi connectivity index (χ4n) is 2.15. The summed E-state index contributed by atoms with van der Waals surface area (Å²) in [5.41, 5.74) is 0.364. The highest BCUT2D eigenvalue weighted by atomic mass is 32.2. The van der Waals surface area contributed by atoms with Crippen LogP contribution in [0.2, 0.25) is 0 Å². The van der Waals surface area contributed by atoms with E-state index in [-0.39, 0.29) is 34.7 Å². The lowest BCUT2D eigenvalue weighted by atomic mass is 10.3. The molecule has 10 heteroatoms. The van der Waals surface area contributed by atoms with Crippen LogP contribution in [0, 0.1) is 6.92 Å². The molecule has 1 aromatic heterocycles. The third-order valence-electron chi connectivity index (χ3n) is 3.20. The van der Waals surface area contributed by atoms with E-state index in [0.717, 1.165) is 16.2 Å². The van der Waals surface area contributed by atoms with Crippen LogP contribution >= 0.6 is 11.3 Å². The van der Waals surface area contributed by atoms with Gasteiger partial charge >= 0.3 is 0 Å². The van der Waals surface area contributed by atoms with Crippen LogP contribution in [0.25, 0.3) is 0 Å². The van der Waals surface area contributed by atoms with Crippen LogP contribution in [0.3, 0.4) is 0 Å². The maximum absolute atomic E-state index is 12.3. The van der Waals surface area contributed by atoms with Crippen molar-refractivity contribution in [2.24, 2.45) is 0 Å². The second-order valence-electron chi connectivity index (χ2n) is 4.85. The Balaban J connectivity index is 1.84. The van der Waals surface area contributed by atoms with Crippen LogP contribution in [-0.4, -0.2) is 30.4 Å². The molecular weight excluding hydrogens is 340 g/mol. The molecule has 1 fully saturated rings. The van der Waals surface area contributed by atoms with Crippen molar-refractivity contribution in [3.05, 3.63) is 29.3 Å². The Hall–Kier alpha value is -2.33. The number of aromatic nitrogens is 2. The van der Waals surface area contributed by atoms with Gasteiger partial charge in [0.25, 0.3) is 10.0 Å². The zero-order valence-electron chi connectivity index (χ0n) is 12.0. The summed E-state index contributed by atoms with van der Waals surface area (Å²) in [6.45, 7) is 1.72. The van der Waals surface area contributed by atoms with Crippen LogP contribution in [0.4, 0.5) is 10.8 Å². The lowest BCUT2D eigenvalue weighted by Crippen LogP contribution is -2.28.